The fourth-order valence-electron chi connectivity index (χ4n) is 2.50. The molecule has 0 amide bonds. The molecule has 0 spiro atoms. The van der Waals surface area contributed by atoms with Crippen LogP contribution in [0.1, 0.15) is 28.8 Å². The molecule has 1 aliphatic rings. The maximum Gasteiger partial charge on any atom is 0.196 e. The molecule has 0 atom stereocenters. The van der Waals surface area contributed by atoms with Gasteiger partial charge in [0, 0.05) is 41.6 Å². The van der Waals surface area contributed by atoms with Crippen LogP contribution >= 0.6 is 0 Å². The van der Waals surface area contributed by atoms with Gasteiger partial charge in [0.05, 0.1) is 0 Å². The SMILES string of the molecule is O=C(c1ccc(NCC2CC2)nc1)c1c[nH]c2ncccc12. The number of aromatic nitrogens is 3. The number of carbonyl (C=O) groups is 1. The third kappa shape index (κ3) is 2.45. The number of fused-ring (bicyclic) bond motifs is 1. The Morgan fingerprint density at radius 3 is 2.95 bits per heavy atom. The lowest BCUT2D eigenvalue weighted by Crippen LogP contribution is -2.06. The molecule has 0 bridgehead atoms. The molecule has 3 heterocycles. The zero-order valence-corrected chi connectivity index (χ0v) is 12.0. The van der Waals surface area contributed by atoms with Crippen molar-refractivity contribution >= 4 is 22.6 Å². The lowest BCUT2D eigenvalue weighted by atomic mass is 10.1. The molecule has 2 N–H and O–H groups in total. The van der Waals surface area contributed by atoms with E-state index in [-0.39, 0.29) is 5.78 Å². The first-order chi connectivity index (χ1) is 10.8. The van der Waals surface area contributed by atoms with Crippen LogP contribution in [0.3, 0.4) is 0 Å². The number of aromatic amines is 1. The summed E-state index contributed by atoms with van der Waals surface area (Å²) in [5.41, 5.74) is 1.94. The second-order valence-corrected chi connectivity index (χ2v) is 5.69. The van der Waals surface area contributed by atoms with Gasteiger partial charge in [0.1, 0.15) is 11.5 Å². The summed E-state index contributed by atoms with van der Waals surface area (Å²) in [6.07, 6.45) is 7.65. The molecule has 110 valence electrons. The zero-order valence-electron chi connectivity index (χ0n) is 12.0. The third-order valence-corrected chi connectivity index (χ3v) is 3.99. The van der Waals surface area contributed by atoms with Gasteiger partial charge in [0.25, 0.3) is 0 Å². The smallest absolute Gasteiger partial charge is 0.196 e. The number of H-pyrrole nitrogens is 1. The molecule has 3 aromatic rings. The van der Waals surface area contributed by atoms with E-state index in [1.165, 1.54) is 12.8 Å². The number of carbonyl (C=O) groups excluding carboxylic acids is 1. The average molecular weight is 292 g/mol. The zero-order chi connectivity index (χ0) is 14.9. The Balaban J connectivity index is 1.56. The van der Waals surface area contributed by atoms with Gasteiger partial charge in [0.15, 0.2) is 5.78 Å². The minimum atomic E-state index is -0.0412. The van der Waals surface area contributed by atoms with Crippen LogP contribution in [0.25, 0.3) is 11.0 Å². The Morgan fingerprint density at radius 1 is 1.27 bits per heavy atom. The topological polar surface area (TPSA) is 70.7 Å². The second kappa shape index (κ2) is 5.26. The van der Waals surface area contributed by atoms with Gasteiger partial charge < -0.3 is 10.3 Å². The van der Waals surface area contributed by atoms with E-state index >= 15 is 0 Å². The van der Waals surface area contributed by atoms with Crippen molar-refractivity contribution in [2.24, 2.45) is 5.92 Å². The average Bonchev–Trinajstić information content (AvgIpc) is 3.30. The number of rotatable bonds is 5. The Morgan fingerprint density at radius 2 is 2.18 bits per heavy atom. The highest BCUT2D eigenvalue weighted by Gasteiger charge is 2.20. The van der Waals surface area contributed by atoms with Crippen LogP contribution in [0.5, 0.6) is 0 Å². The molecule has 5 nitrogen and oxygen atoms in total. The number of pyridine rings is 2. The van der Waals surface area contributed by atoms with E-state index in [2.05, 4.69) is 20.3 Å². The van der Waals surface area contributed by atoms with E-state index in [0.717, 1.165) is 29.3 Å². The number of nitrogens with zero attached hydrogens (tertiary/aromatic N) is 2. The van der Waals surface area contributed by atoms with Gasteiger partial charge in [-0.1, -0.05) is 0 Å². The van der Waals surface area contributed by atoms with Gasteiger partial charge in [0.2, 0.25) is 0 Å². The molecular weight excluding hydrogens is 276 g/mol. The Hall–Kier alpha value is -2.69. The van der Waals surface area contributed by atoms with Crippen molar-refractivity contribution in [3.05, 3.63) is 54.0 Å². The normalized spacial score (nSPS) is 14.2. The van der Waals surface area contributed by atoms with Gasteiger partial charge in [-0.05, 0) is 43.0 Å². The van der Waals surface area contributed by atoms with Gasteiger partial charge in [-0.3, -0.25) is 4.79 Å². The summed E-state index contributed by atoms with van der Waals surface area (Å²) in [6.45, 7) is 0.967. The quantitative estimate of drug-likeness (QED) is 0.709. The molecule has 1 saturated carbocycles. The van der Waals surface area contributed by atoms with Crippen molar-refractivity contribution in [1.29, 1.82) is 0 Å². The molecule has 0 unspecified atom stereocenters. The number of nitrogens with one attached hydrogen (secondary N) is 2. The van der Waals surface area contributed by atoms with E-state index in [0.29, 0.717) is 11.1 Å². The highest BCUT2D eigenvalue weighted by atomic mass is 16.1. The summed E-state index contributed by atoms with van der Waals surface area (Å²) >= 11 is 0. The predicted octanol–water partition coefficient (Wildman–Crippen LogP) is 3.01. The number of hydrogen-bond acceptors (Lipinski definition) is 4. The fraction of sp³-hybridized carbons (Fsp3) is 0.235. The van der Waals surface area contributed by atoms with E-state index < -0.39 is 0 Å². The monoisotopic (exact) mass is 292 g/mol. The Bertz CT molecular complexity index is 818. The number of anilines is 1. The summed E-state index contributed by atoms with van der Waals surface area (Å²) in [6, 6.07) is 7.41. The van der Waals surface area contributed by atoms with Crippen LogP contribution in [-0.2, 0) is 0 Å². The van der Waals surface area contributed by atoms with Gasteiger partial charge in [-0.15, -0.1) is 0 Å². The van der Waals surface area contributed by atoms with Crippen molar-refractivity contribution < 1.29 is 4.79 Å². The summed E-state index contributed by atoms with van der Waals surface area (Å²) in [4.78, 5) is 24.2. The highest BCUT2D eigenvalue weighted by molar-refractivity contribution is 6.15. The molecule has 0 aromatic carbocycles. The lowest BCUT2D eigenvalue weighted by molar-refractivity contribution is 0.104. The lowest BCUT2D eigenvalue weighted by Gasteiger charge is -2.05. The molecular formula is C17H16N4O. The molecule has 3 aromatic heterocycles. The van der Waals surface area contributed by atoms with Crippen LogP contribution in [0.15, 0.2) is 42.9 Å². The maximum atomic E-state index is 12.6. The second-order valence-electron chi connectivity index (χ2n) is 5.69. The Labute approximate surface area is 127 Å². The fourth-order valence-corrected chi connectivity index (χ4v) is 2.50. The summed E-state index contributed by atoms with van der Waals surface area (Å²) < 4.78 is 0. The van der Waals surface area contributed by atoms with Crippen LogP contribution < -0.4 is 5.32 Å². The van der Waals surface area contributed by atoms with Crippen LogP contribution in [-0.4, -0.2) is 27.3 Å². The first kappa shape index (κ1) is 13.0. The van der Waals surface area contributed by atoms with E-state index in [4.69, 9.17) is 0 Å². The standard InChI is InChI=1S/C17H16N4O/c22-16(14-10-21-17-13(14)2-1-7-18-17)12-5-6-15(20-9-12)19-8-11-3-4-11/h1-2,5-7,9-11H,3-4,8H2,(H,18,21)(H,19,20). The van der Waals surface area contributed by atoms with E-state index in [1.54, 1.807) is 18.6 Å². The maximum absolute atomic E-state index is 12.6. The molecule has 0 radical (unpaired) electrons. The molecule has 0 saturated heterocycles. The molecule has 4 rings (SSSR count). The van der Waals surface area contributed by atoms with Gasteiger partial charge in [-0.2, -0.15) is 0 Å². The summed E-state index contributed by atoms with van der Waals surface area (Å²) in [7, 11) is 0. The largest absolute Gasteiger partial charge is 0.370 e. The van der Waals surface area contributed by atoms with Crippen molar-refractivity contribution in [3.8, 4) is 0 Å². The number of ketones is 1. The minimum Gasteiger partial charge on any atom is -0.370 e. The van der Waals surface area contributed by atoms with Crippen LogP contribution in [0, 0.1) is 5.92 Å². The van der Waals surface area contributed by atoms with E-state index in [9.17, 15) is 4.79 Å². The minimum absolute atomic E-state index is 0.0412. The molecule has 22 heavy (non-hydrogen) atoms. The Kier molecular flexibility index (Phi) is 3.11. The van der Waals surface area contributed by atoms with Gasteiger partial charge >= 0.3 is 0 Å². The molecule has 1 fully saturated rings. The summed E-state index contributed by atoms with van der Waals surface area (Å²) in [5, 5.41) is 4.14. The molecule has 5 heteroatoms. The summed E-state index contributed by atoms with van der Waals surface area (Å²) in [5.74, 6) is 1.58. The van der Waals surface area contributed by atoms with E-state index in [1.807, 2.05) is 24.3 Å². The van der Waals surface area contributed by atoms with Crippen molar-refractivity contribution in [2.45, 2.75) is 12.8 Å². The van der Waals surface area contributed by atoms with Crippen LogP contribution in [0.2, 0.25) is 0 Å². The predicted molar refractivity (Wildman–Crippen MR) is 85.0 cm³/mol. The highest BCUT2D eigenvalue weighted by Crippen LogP contribution is 2.28. The first-order valence-corrected chi connectivity index (χ1v) is 7.48. The molecule has 1 aliphatic carbocycles. The molecule has 0 aliphatic heterocycles. The van der Waals surface area contributed by atoms with Crippen LogP contribution in [0.4, 0.5) is 5.82 Å². The van der Waals surface area contributed by atoms with Crippen molar-refractivity contribution in [2.75, 3.05) is 11.9 Å². The first-order valence-electron chi connectivity index (χ1n) is 7.48. The van der Waals surface area contributed by atoms with Crippen molar-refractivity contribution in [1.82, 2.24) is 15.0 Å². The van der Waals surface area contributed by atoms with Crippen molar-refractivity contribution in [3.63, 3.8) is 0 Å². The van der Waals surface area contributed by atoms with Gasteiger partial charge in [-0.25, -0.2) is 9.97 Å². The third-order valence-electron chi connectivity index (χ3n) is 3.99. The number of hydrogen-bond donors (Lipinski definition) is 2.